The van der Waals surface area contributed by atoms with E-state index in [4.69, 9.17) is 40.2 Å². The lowest BCUT2D eigenvalue weighted by atomic mass is 10.2. The molecule has 4 nitrogen and oxygen atoms in total. The molecule has 0 radical (unpaired) electrons. The lowest BCUT2D eigenvalue weighted by Crippen LogP contribution is -2.34. The van der Waals surface area contributed by atoms with Gasteiger partial charge in [0.2, 0.25) is 0 Å². The quantitative estimate of drug-likeness (QED) is 0.626. The van der Waals surface area contributed by atoms with Crippen molar-refractivity contribution in [3.8, 4) is 5.75 Å². The van der Waals surface area contributed by atoms with Gasteiger partial charge in [0.25, 0.3) is 5.91 Å². The SMILES string of the molecule is CCOc1ccc(C(=O)NC(=S)Nc2ccc(Cl)cc2Cl)cc1Br. The molecular formula is C16H13BrCl2N2O2S. The topological polar surface area (TPSA) is 50.4 Å². The maximum atomic E-state index is 12.3. The number of carbonyl (C=O) groups is 1. The van der Waals surface area contributed by atoms with Gasteiger partial charge >= 0.3 is 0 Å². The predicted molar refractivity (Wildman–Crippen MR) is 105 cm³/mol. The van der Waals surface area contributed by atoms with Crippen molar-refractivity contribution in [1.29, 1.82) is 0 Å². The van der Waals surface area contributed by atoms with E-state index in [-0.39, 0.29) is 11.0 Å². The maximum absolute atomic E-state index is 12.3. The Balaban J connectivity index is 2.03. The molecular weight excluding hydrogens is 435 g/mol. The largest absolute Gasteiger partial charge is 0.493 e. The molecule has 8 heteroatoms. The van der Waals surface area contributed by atoms with Crippen molar-refractivity contribution in [2.24, 2.45) is 0 Å². The predicted octanol–water partition coefficient (Wildman–Crippen LogP) is 5.28. The summed E-state index contributed by atoms with van der Waals surface area (Å²) in [5, 5.41) is 6.50. The van der Waals surface area contributed by atoms with Crippen molar-refractivity contribution < 1.29 is 9.53 Å². The van der Waals surface area contributed by atoms with Crippen molar-refractivity contribution >= 4 is 68.1 Å². The Hall–Kier alpha value is -1.34. The summed E-state index contributed by atoms with van der Waals surface area (Å²) < 4.78 is 6.10. The molecule has 0 fully saturated rings. The normalized spacial score (nSPS) is 10.2. The Kier molecular flexibility index (Phi) is 6.86. The monoisotopic (exact) mass is 446 g/mol. The van der Waals surface area contributed by atoms with Gasteiger partial charge in [-0.05, 0) is 71.5 Å². The number of hydrogen-bond acceptors (Lipinski definition) is 3. The fourth-order valence-corrected chi connectivity index (χ4v) is 2.99. The molecule has 24 heavy (non-hydrogen) atoms. The molecule has 1 amide bonds. The molecule has 2 rings (SSSR count). The van der Waals surface area contributed by atoms with Gasteiger partial charge in [0.05, 0.1) is 21.8 Å². The molecule has 0 bridgehead atoms. The molecule has 0 aliphatic rings. The van der Waals surface area contributed by atoms with E-state index in [0.717, 1.165) is 0 Å². The van der Waals surface area contributed by atoms with E-state index in [2.05, 4.69) is 26.6 Å². The van der Waals surface area contributed by atoms with Crippen LogP contribution in [0.2, 0.25) is 10.0 Å². The Labute approximate surface area is 163 Å². The first-order valence-electron chi connectivity index (χ1n) is 6.90. The molecule has 0 heterocycles. The number of anilines is 1. The molecule has 0 saturated carbocycles. The standard InChI is InChI=1S/C16H13BrCl2N2O2S/c1-2-23-14-6-3-9(7-11(14)17)15(22)21-16(24)20-13-5-4-10(18)8-12(13)19/h3-8H,2H2,1H3,(H2,20,21,22,24). The summed E-state index contributed by atoms with van der Waals surface area (Å²) >= 11 is 20.4. The number of hydrogen-bond donors (Lipinski definition) is 2. The van der Waals surface area contributed by atoms with Crippen molar-refractivity contribution in [1.82, 2.24) is 5.32 Å². The molecule has 2 aromatic rings. The number of halogens is 3. The number of rotatable bonds is 4. The highest BCUT2D eigenvalue weighted by molar-refractivity contribution is 9.10. The van der Waals surface area contributed by atoms with Crippen LogP contribution in [0.5, 0.6) is 5.75 Å². The minimum atomic E-state index is -0.346. The summed E-state index contributed by atoms with van der Waals surface area (Å²) in [6.45, 7) is 2.43. The summed E-state index contributed by atoms with van der Waals surface area (Å²) in [6, 6.07) is 9.97. The average molecular weight is 448 g/mol. The third kappa shape index (κ3) is 5.08. The lowest BCUT2D eigenvalue weighted by molar-refractivity contribution is 0.0977. The molecule has 0 spiro atoms. The average Bonchev–Trinajstić information content (AvgIpc) is 2.52. The van der Waals surface area contributed by atoms with Gasteiger partial charge in [-0.3, -0.25) is 10.1 Å². The summed E-state index contributed by atoms with van der Waals surface area (Å²) in [4.78, 5) is 12.3. The Morgan fingerprint density at radius 1 is 1.25 bits per heavy atom. The number of thiocarbonyl (C=S) groups is 1. The number of carbonyl (C=O) groups excluding carboxylic acids is 1. The second-order valence-electron chi connectivity index (χ2n) is 4.61. The summed E-state index contributed by atoms with van der Waals surface area (Å²) in [5.41, 5.74) is 0.996. The summed E-state index contributed by atoms with van der Waals surface area (Å²) in [6.07, 6.45) is 0. The molecule has 0 aliphatic carbocycles. The van der Waals surface area contributed by atoms with Crippen LogP contribution in [-0.4, -0.2) is 17.6 Å². The zero-order valence-corrected chi connectivity index (χ0v) is 16.4. The fourth-order valence-electron chi connectivity index (χ4n) is 1.83. The van der Waals surface area contributed by atoms with Crippen molar-refractivity contribution in [3.05, 3.63) is 56.5 Å². The number of amides is 1. The van der Waals surface area contributed by atoms with Crippen molar-refractivity contribution in [2.75, 3.05) is 11.9 Å². The second kappa shape index (κ2) is 8.67. The van der Waals surface area contributed by atoms with Crippen molar-refractivity contribution in [2.45, 2.75) is 6.92 Å². The number of benzene rings is 2. The smallest absolute Gasteiger partial charge is 0.257 e. The minimum Gasteiger partial charge on any atom is -0.493 e. The zero-order valence-electron chi connectivity index (χ0n) is 12.5. The van der Waals surface area contributed by atoms with Gasteiger partial charge in [0.1, 0.15) is 5.75 Å². The molecule has 2 aromatic carbocycles. The van der Waals surface area contributed by atoms with Crippen LogP contribution in [0, 0.1) is 0 Å². The van der Waals surface area contributed by atoms with Crippen LogP contribution in [0.25, 0.3) is 0 Å². The van der Waals surface area contributed by atoms with Gasteiger partial charge in [-0.15, -0.1) is 0 Å². The van der Waals surface area contributed by atoms with Crippen LogP contribution in [0.3, 0.4) is 0 Å². The Bertz CT molecular complexity index is 787. The minimum absolute atomic E-state index is 0.134. The van der Waals surface area contributed by atoms with Gasteiger partial charge in [-0.25, -0.2) is 0 Å². The van der Waals surface area contributed by atoms with Crippen LogP contribution in [0.15, 0.2) is 40.9 Å². The number of nitrogens with one attached hydrogen (secondary N) is 2. The zero-order chi connectivity index (χ0) is 17.7. The molecule has 126 valence electrons. The first-order valence-corrected chi connectivity index (χ1v) is 8.86. The van der Waals surface area contributed by atoms with Crippen LogP contribution in [-0.2, 0) is 0 Å². The fraction of sp³-hybridized carbons (Fsp3) is 0.125. The van der Waals surface area contributed by atoms with E-state index in [0.29, 0.717) is 38.1 Å². The highest BCUT2D eigenvalue weighted by atomic mass is 79.9. The second-order valence-corrected chi connectivity index (χ2v) is 6.72. The third-order valence-corrected chi connectivity index (χ3v) is 4.27. The Morgan fingerprint density at radius 2 is 2.00 bits per heavy atom. The molecule has 0 unspecified atom stereocenters. The van der Waals surface area contributed by atoms with Crippen molar-refractivity contribution in [3.63, 3.8) is 0 Å². The maximum Gasteiger partial charge on any atom is 0.257 e. The van der Waals surface area contributed by atoms with Crippen LogP contribution < -0.4 is 15.4 Å². The molecule has 0 atom stereocenters. The highest BCUT2D eigenvalue weighted by Crippen LogP contribution is 2.26. The van der Waals surface area contributed by atoms with Crippen LogP contribution >= 0.6 is 51.3 Å². The van der Waals surface area contributed by atoms with Crippen LogP contribution in [0.1, 0.15) is 17.3 Å². The first-order chi connectivity index (χ1) is 11.4. The third-order valence-electron chi connectivity index (χ3n) is 2.90. The van der Waals surface area contributed by atoms with Gasteiger partial charge in [0.15, 0.2) is 5.11 Å². The van der Waals surface area contributed by atoms with E-state index in [1.165, 1.54) is 0 Å². The van der Waals surface area contributed by atoms with Gasteiger partial charge in [-0.2, -0.15) is 0 Å². The van der Waals surface area contributed by atoms with Gasteiger partial charge in [0, 0.05) is 10.6 Å². The van der Waals surface area contributed by atoms with E-state index >= 15 is 0 Å². The van der Waals surface area contributed by atoms with Gasteiger partial charge < -0.3 is 10.1 Å². The van der Waals surface area contributed by atoms with E-state index in [1.807, 2.05) is 6.92 Å². The molecule has 0 saturated heterocycles. The molecule has 0 aromatic heterocycles. The Morgan fingerprint density at radius 3 is 2.62 bits per heavy atom. The number of ether oxygens (including phenoxy) is 1. The van der Waals surface area contributed by atoms with Crippen LogP contribution in [0.4, 0.5) is 5.69 Å². The lowest BCUT2D eigenvalue weighted by Gasteiger charge is -2.12. The summed E-state index contributed by atoms with van der Waals surface area (Å²) in [5.74, 6) is 0.323. The van der Waals surface area contributed by atoms with Gasteiger partial charge in [-0.1, -0.05) is 23.2 Å². The van der Waals surface area contributed by atoms with E-state index in [1.54, 1.807) is 36.4 Å². The molecule has 0 aliphatic heterocycles. The first kappa shape index (κ1) is 19.0. The highest BCUT2D eigenvalue weighted by Gasteiger charge is 2.11. The molecule has 2 N–H and O–H groups in total. The summed E-state index contributed by atoms with van der Waals surface area (Å²) in [7, 11) is 0. The van der Waals surface area contributed by atoms with E-state index in [9.17, 15) is 4.79 Å². The van der Waals surface area contributed by atoms with E-state index < -0.39 is 0 Å².